The van der Waals surface area contributed by atoms with Crippen molar-refractivity contribution in [2.75, 3.05) is 13.2 Å². The van der Waals surface area contributed by atoms with Crippen LogP contribution in [0.5, 0.6) is 0 Å². The van der Waals surface area contributed by atoms with Crippen LogP contribution in [0.3, 0.4) is 0 Å². The lowest BCUT2D eigenvalue weighted by Gasteiger charge is -2.35. The molecule has 1 heterocycles. The van der Waals surface area contributed by atoms with Crippen molar-refractivity contribution in [3.05, 3.63) is 34.4 Å². The van der Waals surface area contributed by atoms with Gasteiger partial charge in [0, 0.05) is 18.6 Å². The molecule has 2 aliphatic rings. The maximum atomic E-state index is 5.54. The molecule has 0 aromatic heterocycles. The third-order valence-corrected chi connectivity index (χ3v) is 4.59. The van der Waals surface area contributed by atoms with Crippen LogP contribution in [0.4, 0.5) is 0 Å². The van der Waals surface area contributed by atoms with Crippen molar-refractivity contribution in [1.82, 2.24) is 0 Å². The molecule has 1 nitrogen and oxygen atoms in total. The predicted octanol–water partition coefficient (Wildman–Crippen LogP) is 4.96. The van der Waals surface area contributed by atoms with Crippen LogP contribution in [0.25, 0.3) is 0 Å². The molecule has 1 heteroatoms. The summed E-state index contributed by atoms with van der Waals surface area (Å²) in [4.78, 5) is 0. The number of fused-ring (bicyclic) bond motifs is 2. The van der Waals surface area contributed by atoms with E-state index in [1.807, 2.05) is 13.8 Å². The molecule has 3 rings (SSSR count). The van der Waals surface area contributed by atoms with Gasteiger partial charge < -0.3 is 4.74 Å². The van der Waals surface area contributed by atoms with Crippen LogP contribution in [0.1, 0.15) is 62.8 Å². The maximum Gasteiger partial charge on any atom is 0.0474 e. The highest BCUT2D eigenvalue weighted by molar-refractivity contribution is 5.48. The lowest BCUT2D eigenvalue weighted by Crippen LogP contribution is -2.32. The minimum Gasteiger partial charge on any atom is -0.381 e. The fourth-order valence-corrected chi connectivity index (χ4v) is 3.68. The van der Waals surface area contributed by atoms with E-state index >= 15 is 0 Å². The molecule has 0 unspecified atom stereocenters. The predicted molar refractivity (Wildman–Crippen MR) is 84.0 cm³/mol. The van der Waals surface area contributed by atoms with Crippen molar-refractivity contribution in [2.24, 2.45) is 0 Å². The number of rotatable bonds is 0. The SMILES string of the molecule is C.CC.Cc1ccc(C)c2c1CCC21CCOCC1. The van der Waals surface area contributed by atoms with Gasteiger partial charge in [0.25, 0.3) is 0 Å². The summed E-state index contributed by atoms with van der Waals surface area (Å²) in [6.45, 7) is 10.4. The van der Waals surface area contributed by atoms with Gasteiger partial charge in [-0.05, 0) is 61.8 Å². The van der Waals surface area contributed by atoms with Crippen LogP contribution >= 0.6 is 0 Å². The van der Waals surface area contributed by atoms with Crippen LogP contribution < -0.4 is 0 Å². The van der Waals surface area contributed by atoms with Gasteiger partial charge in [-0.2, -0.15) is 0 Å². The summed E-state index contributed by atoms with van der Waals surface area (Å²) in [5, 5.41) is 0. The molecule has 1 aromatic carbocycles. The summed E-state index contributed by atoms with van der Waals surface area (Å²) >= 11 is 0. The average Bonchev–Trinajstić information content (AvgIpc) is 2.78. The Bertz CT molecular complexity index is 414. The van der Waals surface area contributed by atoms with Gasteiger partial charge >= 0.3 is 0 Å². The first-order valence-electron chi connectivity index (χ1n) is 7.40. The largest absolute Gasteiger partial charge is 0.381 e. The van der Waals surface area contributed by atoms with Crippen LogP contribution in [0, 0.1) is 13.8 Å². The van der Waals surface area contributed by atoms with Crippen molar-refractivity contribution < 1.29 is 4.74 Å². The molecule has 1 aromatic rings. The van der Waals surface area contributed by atoms with Crippen LogP contribution in [-0.4, -0.2) is 13.2 Å². The summed E-state index contributed by atoms with van der Waals surface area (Å²) in [6, 6.07) is 4.59. The zero-order valence-electron chi connectivity index (χ0n) is 12.3. The number of ether oxygens (including phenoxy) is 1. The van der Waals surface area contributed by atoms with E-state index in [4.69, 9.17) is 4.74 Å². The van der Waals surface area contributed by atoms with E-state index in [9.17, 15) is 0 Å². The summed E-state index contributed by atoms with van der Waals surface area (Å²) < 4.78 is 5.54. The van der Waals surface area contributed by atoms with Gasteiger partial charge in [0.2, 0.25) is 0 Å². The number of hydrogen-bond donors (Lipinski definition) is 0. The van der Waals surface area contributed by atoms with Crippen LogP contribution in [-0.2, 0) is 16.6 Å². The first kappa shape index (κ1) is 16.2. The van der Waals surface area contributed by atoms with E-state index in [2.05, 4.69) is 26.0 Å². The standard InChI is InChI=1S/C15H20O.C2H6.CH4/c1-11-3-4-12(2)14-13(11)5-6-15(14)7-9-16-10-8-15;1-2;/h3-4H,5-10H2,1-2H3;1-2H3;1H4. The van der Waals surface area contributed by atoms with E-state index in [0.29, 0.717) is 5.41 Å². The Morgan fingerprint density at radius 1 is 0.947 bits per heavy atom. The lowest BCUT2D eigenvalue weighted by molar-refractivity contribution is 0.0504. The summed E-state index contributed by atoms with van der Waals surface area (Å²) in [5.41, 5.74) is 6.77. The van der Waals surface area contributed by atoms with Crippen molar-refractivity contribution in [3.63, 3.8) is 0 Å². The molecule has 1 spiro atoms. The zero-order chi connectivity index (χ0) is 13.2. The van der Waals surface area contributed by atoms with E-state index in [1.54, 1.807) is 11.1 Å². The fourth-order valence-electron chi connectivity index (χ4n) is 3.68. The summed E-state index contributed by atoms with van der Waals surface area (Å²) in [6.07, 6.45) is 5.08. The topological polar surface area (TPSA) is 9.23 Å². The van der Waals surface area contributed by atoms with E-state index in [1.165, 1.54) is 36.8 Å². The molecule has 1 fully saturated rings. The molecule has 0 bridgehead atoms. The van der Waals surface area contributed by atoms with E-state index in [-0.39, 0.29) is 7.43 Å². The molecule has 19 heavy (non-hydrogen) atoms. The number of benzene rings is 1. The second-order valence-corrected chi connectivity index (χ2v) is 5.45. The van der Waals surface area contributed by atoms with Gasteiger partial charge in [-0.1, -0.05) is 33.4 Å². The van der Waals surface area contributed by atoms with Gasteiger partial charge in [-0.3, -0.25) is 0 Å². The third kappa shape index (κ3) is 2.72. The Labute approximate surface area is 119 Å². The Hall–Kier alpha value is -0.820. The van der Waals surface area contributed by atoms with Gasteiger partial charge in [-0.25, -0.2) is 0 Å². The Kier molecular flexibility index (Phi) is 5.61. The zero-order valence-corrected chi connectivity index (χ0v) is 12.3. The third-order valence-electron chi connectivity index (χ3n) is 4.59. The van der Waals surface area contributed by atoms with E-state index in [0.717, 1.165) is 13.2 Å². The number of aryl methyl sites for hydroxylation is 2. The van der Waals surface area contributed by atoms with Crippen LogP contribution in [0.2, 0.25) is 0 Å². The van der Waals surface area contributed by atoms with Gasteiger partial charge in [0.05, 0.1) is 0 Å². The van der Waals surface area contributed by atoms with Gasteiger partial charge in [0.1, 0.15) is 0 Å². The molecule has 108 valence electrons. The maximum absolute atomic E-state index is 5.54. The van der Waals surface area contributed by atoms with Gasteiger partial charge in [0.15, 0.2) is 0 Å². The molecule has 0 saturated carbocycles. The van der Waals surface area contributed by atoms with Gasteiger partial charge in [-0.15, -0.1) is 0 Å². The van der Waals surface area contributed by atoms with Crippen molar-refractivity contribution in [2.45, 2.75) is 66.2 Å². The highest BCUT2D eigenvalue weighted by atomic mass is 16.5. The molecule has 1 saturated heterocycles. The van der Waals surface area contributed by atoms with Crippen LogP contribution in [0.15, 0.2) is 12.1 Å². The molecule has 1 aliphatic carbocycles. The molecular formula is C18H30O. The Morgan fingerprint density at radius 2 is 1.53 bits per heavy atom. The first-order chi connectivity index (χ1) is 8.73. The van der Waals surface area contributed by atoms with Crippen molar-refractivity contribution in [3.8, 4) is 0 Å². The molecule has 0 atom stereocenters. The highest BCUT2D eigenvalue weighted by Crippen LogP contribution is 2.48. The summed E-state index contributed by atoms with van der Waals surface area (Å²) in [7, 11) is 0. The fraction of sp³-hybridized carbons (Fsp3) is 0.667. The molecule has 0 N–H and O–H groups in total. The average molecular weight is 262 g/mol. The minimum atomic E-state index is 0. The second-order valence-electron chi connectivity index (χ2n) is 5.45. The van der Waals surface area contributed by atoms with Crippen molar-refractivity contribution >= 4 is 0 Å². The van der Waals surface area contributed by atoms with Crippen molar-refractivity contribution in [1.29, 1.82) is 0 Å². The Balaban J connectivity index is 0.000000576. The quantitative estimate of drug-likeness (QED) is 0.642. The molecule has 1 aliphatic heterocycles. The monoisotopic (exact) mass is 262 g/mol. The first-order valence-corrected chi connectivity index (χ1v) is 7.40. The summed E-state index contributed by atoms with van der Waals surface area (Å²) in [5.74, 6) is 0. The highest BCUT2D eigenvalue weighted by Gasteiger charge is 2.41. The molecular weight excluding hydrogens is 232 g/mol. The normalized spacial score (nSPS) is 19.2. The number of hydrogen-bond acceptors (Lipinski definition) is 1. The molecule has 0 radical (unpaired) electrons. The smallest absolute Gasteiger partial charge is 0.0474 e. The minimum absolute atomic E-state index is 0. The molecule has 0 amide bonds. The lowest BCUT2D eigenvalue weighted by atomic mass is 9.73. The Morgan fingerprint density at radius 3 is 2.16 bits per heavy atom. The second kappa shape index (κ2) is 6.56. The van der Waals surface area contributed by atoms with E-state index < -0.39 is 0 Å².